The number of alkyl halides is 3. The summed E-state index contributed by atoms with van der Waals surface area (Å²) in [6.45, 7) is 4.08. The lowest BCUT2D eigenvalue weighted by Gasteiger charge is -2.31. The summed E-state index contributed by atoms with van der Waals surface area (Å²) < 4.78 is 79.3. The number of nitrogens with zero attached hydrogens (tertiary/aromatic N) is 3. The van der Waals surface area contributed by atoms with Gasteiger partial charge in [0.1, 0.15) is 22.9 Å². The second-order valence-electron chi connectivity index (χ2n) is 12.4. The SMILES string of the molecule is CC(C)C[C@H](NC(=O)OC1CCN(S(=O)(=O)c2ccccc2F)CC1)C(=O)N[C@@H](CCCN=C(N)N)C(=O)c1nc2ccccc2s1.O=C(O)C(F)(F)F. The molecule has 2 heterocycles. The first kappa shape index (κ1) is 43.5. The molecule has 1 aromatic heterocycles. The molecule has 1 aliphatic heterocycles. The van der Waals surface area contributed by atoms with Crippen LogP contribution in [0.4, 0.5) is 22.4 Å². The molecule has 0 unspecified atom stereocenters. The van der Waals surface area contributed by atoms with Crippen molar-refractivity contribution in [3.8, 4) is 0 Å². The topological polar surface area (TPSA) is 236 Å². The maximum atomic E-state index is 14.2. The number of thiazole rings is 1. The van der Waals surface area contributed by atoms with Crippen molar-refractivity contribution in [2.24, 2.45) is 22.4 Å². The van der Waals surface area contributed by atoms with Crippen LogP contribution in [0.2, 0.25) is 0 Å². The number of amides is 2. The fourth-order valence-electron chi connectivity index (χ4n) is 5.19. The molecule has 1 saturated heterocycles. The van der Waals surface area contributed by atoms with Crippen LogP contribution in [0.3, 0.4) is 0 Å². The molecule has 2 amide bonds. The number of ketones is 1. The predicted octanol–water partition coefficient (Wildman–Crippen LogP) is 3.78. The number of nitrogens with two attached hydrogens (primary N) is 2. The van der Waals surface area contributed by atoms with Crippen molar-refractivity contribution in [3.63, 3.8) is 0 Å². The standard InChI is InChI=1S/C31H40FN7O6S2.C2HF3O2/c1-19(2)18-24(38-31(42)45-20-13-16-39(17-14-20)47(43,44)26-12-6-3-8-21(26)32)28(41)36-23(10-7-15-35-30(33)34)27(40)29-37-22-9-4-5-11-25(22)46-29;3-2(4,5)1(6)7/h3-6,8-9,11-12,19-20,23-24H,7,10,13-18H2,1-2H3,(H,36,41)(H,38,42)(H4,33,34,35);(H,6,7)/t23-,24-;/m0./s1. The molecule has 54 heavy (non-hydrogen) atoms. The summed E-state index contributed by atoms with van der Waals surface area (Å²) >= 11 is 1.23. The minimum atomic E-state index is -5.08. The molecule has 1 aliphatic rings. The van der Waals surface area contributed by atoms with Crippen LogP contribution in [0.25, 0.3) is 10.2 Å². The summed E-state index contributed by atoms with van der Waals surface area (Å²) in [5.74, 6) is -4.61. The van der Waals surface area contributed by atoms with Gasteiger partial charge in [-0.2, -0.15) is 17.5 Å². The third-order valence-corrected chi connectivity index (χ3v) is 10.8. The monoisotopic (exact) mass is 803 g/mol. The van der Waals surface area contributed by atoms with Gasteiger partial charge in [0, 0.05) is 19.6 Å². The van der Waals surface area contributed by atoms with E-state index < -0.39 is 63.1 Å². The maximum absolute atomic E-state index is 14.2. The summed E-state index contributed by atoms with van der Waals surface area (Å²) in [6, 6.07) is 10.5. The zero-order valence-electron chi connectivity index (χ0n) is 29.2. The Morgan fingerprint density at radius 3 is 2.22 bits per heavy atom. The molecule has 0 aliphatic carbocycles. The first-order valence-electron chi connectivity index (χ1n) is 16.6. The van der Waals surface area contributed by atoms with Crippen molar-refractivity contribution in [1.82, 2.24) is 19.9 Å². The third kappa shape index (κ3) is 12.9. The number of piperidine rings is 1. The molecule has 1 fully saturated rings. The Hall–Kier alpha value is -4.89. The van der Waals surface area contributed by atoms with Crippen LogP contribution >= 0.6 is 11.3 Å². The molecule has 296 valence electrons. The number of alkyl carbamates (subject to hydrolysis) is 1. The molecular weight excluding hydrogens is 763 g/mol. The van der Waals surface area contributed by atoms with Crippen molar-refractivity contribution in [2.75, 3.05) is 19.6 Å². The number of ether oxygens (including phenoxy) is 1. The molecule has 0 bridgehead atoms. The van der Waals surface area contributed by atoms with Gasteiger partial charge in [0.15, 0.2) is 11.0 Å². The lowest BCUT2D eigenvalue weighted by Crippen LogP contribution is -2.52. The number of halogens is 4. The van der Waals surface area contributed by atoms with E-state index in [0.717, 1.165) is 15.1 Å². The number of hydrogen-bond acceptors (Lipinski definition) is 10. The number of carbonyl (C=O) groups is 4. The molecule has 0 saturated carbocycles. The first-order valence-corrected chi connectivity index (χ1v) is 18.8. The number of aromatic nitrogens is 1. The number of nitrogens with one attached hydrogen (secondary N) is 2. The minimum Gasteiger partial charge on any atom is -0.475 e. The van der Waals surface area contributed by atoms with E-state index in [9.17, 15) is 40.4 Å². The molecule has 15 nitrogen and oxygen atoms in total. The highest BCUT2D eigenvalue weighted by Crippen LogP contribution is 2.25. The summed E-state index contributed by atoms with van der Waals surface area (Å²) in [5.41, 5.74) is 11.5. The molecular formula is C33H41F4N7O8S2. The smallest absolute Gasteiger partial charge is 0.475 e. The second-order valence-corrected chi connectivity index (χ2v) is 15.4. The van der Waals surface area contributed by atoms with Gasteiger partial charge in [-0.15, -0.1) is 11.3 Å². The Morgan fingerprint density at radius 1 is 1.04 bits per heavy atom. The largest absolute Gasteiger partial charge is 0.490 e. The van der Waals surface area contributed by atoms with E-state index in [1.165, 1.54) is 29.5 Å². The van der Waals surface area contributed by atoms with Crippen molar-refractivity contribution >= 4 is 61.3 Å². The van der Waals surface area contributed by atoms with E-state index in [-0.39, 0.29) is 68.0 Å². The Balaban J connectivity index is 0.00000102. The predicted molar refractivity (Wildman–Crippen MR) is 191 cm³/mol. The average molecular weight is 804 g/mol. The number of carboxylic acids is 1. The molecule has 2 aromatic carbocycles. The molecule has 4 rings (SSSR count). The van der Waals surface area contributed by atoms with E-state index in [0.29, 0.717) is 11.9 Å². The van der Waals surface area contributed by atoms with Crippen LogP contribution < -0.4 is 22.1 Å². The lowest BCUT2D eigenvalue weighted by molar-refractivity contribution is -0.192. The normalized spacial score (nSPS) is 15.0. The van der Waals surface area contributed by atoms with Gasteiger partial charge >= 0.3 is 18.2 Å². The highest BCUT2D eigenvalue weighted by molar-refractivity contribution is 7.89. The highest BCUT2D eigenvalue weighted by Gasteiger charge is 2.38. The number of aliphatic imine (C=N–C) groups is 1. The summed E-state index contributed by atoms with van der Waals surface area (Å²) in [4.78, 5) is 57.0. The molecule has 3 aromatic rings. The number of benzene rings is 2. The zero-order chi connectivity index (χ0) is 40.2. The fourth-order valence-corrected chi connectivity index (χ4v) is 7.68. The molecule has 21 heteroatoms. The highest BCUT2D eigenvalue weighted by atomic mass is 32.2. The van der Waals surface area contributed by atoms with E-state index in [1.54, 1.807) is 6.07 Å². The molecule has 0 spiro atoms. The summed E-state index contributed by atoms with van der Waals surface area (Å²) in [6.07, 6.45) is -5.28. The Morgan fingerprint density at radius 2 is 1.65 bits per heavy atom. The van der Waals surface area contributed by atoms with Gasteiger partial charge in [0.25, 0.3) is 0 Å². The van der Waals surface area contributed by atoms with Gasteiger partial charge in [-0.3, -0.25) is 14.6 Å². The zero-order valence-corrected chi connectivity index (χ0v) is 30.8. The first-order chi connectivity index (χ1) is 25.3. The summed E-state index contributed by atoms with van der Waals surface area (Å²) in [5, 5.41) is 12.8. The van der Waals surface area contributed by atoms with Gasteiger partial charge in [-0.05, 0) is 62.3 Å². The van der Waals surface area contributed by atoms with Crippen molar-refractivity contribution in [2.45, 2.75) is 75.2 Å². The van der Waals surface area contributed by atoms with Gasteiger partial charge in [0.05, 0.1) is 16.3 Å². The molecule has 7 N–H and O–H groups in total. The number of rotatable bonds is 14. The van der Waals surface area contributed by atoms with E-state index in [4.69, 9.17) is 26.1 Å². The van der Waals surface area contributed by atoms with Crippen LogP contribution in [-0.2, 0) is 24.3 Å². The van der Waals surface area contributed by atoms with E-state index in [1.807, 2.05) is 32.0 Å². The Labute approximate surface area is 312 Å². The third-order valence-electron chi connectivity index (χ3n) is 7.77. The van der Waals surface area contributed by atoms with Gasteiger partial charge in [-0.25, -0.2) is 27.4 Å². The number of sulfonamides is 1. The van der Waals surface area contributed by atoms with Crippen molar-refractivity contribution < 1.29 is 55.0 Å². The lowest BCUT2D eigenvalue weighted by atomic mass is 10.0. The van der Waals surface area contributed by atoms with Crippen LogP contribution in [0.1, 0.15) is 55.8 Å². The Bertz CT molecular complexity index is 1880. The summed E-state index contributed by atoms with van der Waals surface area (Å²) in [7, 11) is -4.05. The number of hydrogen-bond donors (Lipinski definition) is 5. The average Bonchev–Trinajstić information content (AvgIpc) is 3.53. The number of para-hydroxylation sites is 1. The van der Waals surface area contributed by atoms with Crippen LogP contribution in [0.5, 0.6) is 0 Å². The second kappa shape index (κ2) is 19.4. The number of fused-ring (bicyclic) bond motifs is 1. The van der Waals surface area contributed by atoms with E-state index in [2.05, 4.69) is 20.6 Å². The van der Waals surface area contributed by atoms with Crippen LogP contribution in [0, 0.1) is 11.7 Å². The molecule has 2 atom stereocenters. The fraction of sp³-hybridized carbons (Fsp3) is 0.455. The number of Topliss-reactive ketones (excluding diaryl/α,β-unsaturated/α-hetero) is 1. The quantitative estimate of drug-likeness (QED) is 0.0517. The van der Waals surface area contributed by atoms with Crippen LogP contribution in [0.15, 0.2) is 58.4 Å². The number of aliphatic carboxylic acids is 1. The minimum absolute atomic E-state index is 0.00171. The number of carbonyl (C=O) groups excluding carboxylic acids is 3. The van der Waals surface area contributed by atoms with Gasteiger partial charge in [0.2, 0.25) is 21.7 Å². The number of guanidine groups is 1. The van der Waals surface area contributed by atoms with Gasteiger partial charge in [-0.1, -0.05) is 38.1 Å². The van der Waals surface area contributed by atoms with E-state index >= 15 is 0 Å². The number of carboxylic acid groups (broad SMARTS) is 1. The van der Waals surface area contributed by atoms with Gasteiger partial charge < -0.3 is 31.9 Å². The molecule has 0 radical (unpaired) electrons. The maximum Gasteiger partial charge on any atom is 0.490 e. The van der Waals surface area contributed by atoms with Crippen molar-refractivity contribution in [1.29, 1.82) is 0 Å². The Kier molecular flexibility index (Phi) is 15.7. The van der Waals surface area contributed by atoms with Crippen LogP contribution in [-0.4, -0.2) is 96.5 Å². The van der Waals surface area contributed by atoms with Crippen molar-refractivity contribution in [3.05, 3.63) is 59.4 Å².